The van der Waals surface area contributed by atoms with Gasteiger partial charge in [0.1, 0.15) is 5.49 Å². The van der Waals surface area contributed by atoms with Gasteiger partial charge in [0.15, 0.2) is 0 Å². The first-order valence-corrected chi connectivity index (χ1v) is 3.98. The van der Waals surface area contributed by atoms with Crippen LogP contribution in [0.15, 0.2) is 0 Å². The predicted molar refractivity (Wildman–Crippen MR) is 43.1 cm³/mol. The molecule has 0 unspecified atom stereocenters. The van der Waals surface area contributed by atoms with Crippen LogP contribution in [-0.4, -0.2) is 22.1 Å². The Labute approximate surface area is 60.6 Å². The standard InChI is InChI=1S/C5H10NS2/c1-3-6(5-7)8-4-2/h3-4H2,1-2H3. The molecule has 0 N–H and O–H groups in total. The van der Waals surface area contributed by atoms with Crippen LogP contribution >= 0.6 is 24.2 Å². The molecule has 0 aliphatic rings. The fraction of sp³-hybridized carbons (Fsp3) is 0.800. The molecule has 0 aromatic heterocycles. The summed E-state index contributed by atoms with van der Waals surface area (Å²) in [5.74, 6) is 1.07. The summed E-state index contributed by atoms with van der Waals surface area (Å²) in [7, 11) is 0. The zero-order valence-corrected chi connectivity index (χ0v) is 6.81. The molecule has 0 saturated carbocycles. The van der Waals surface area contributed by atoms with Crippen LogP contribution in [0, 0.1) is 0 Å². The maximum Gasteiger partial charge on any atom is 0.147 e. The van der Waals surface area contributed by atoms with E-state index in [2.05, 4.69) is 31.6 Å². The molecule has 0 saturated heterocycles. The lowest BCUT2D eigenvalue weighted by Gasteiger charge is -2.10. The molecule has 0 aliphatic heterocycles. The molecular weight excluding hydrogens is 138 g/mol. The molecule has 0 heterocycles. The summed E-state index contributed by atoms with van der Waals surface area (Å²) in [4.78, 5) is 0. The predicted octanol–water partition coefficient (Wildman–Crippen LogP) is 1.81. The first kappa shape index (κ1) is 8.24. The van der Waals surface area contributed by atoms with Gasteiger partial charge in [0, 0.05) is 12.3 Å². The maximum absolute atomic E-state index is 4.59. The van der Waals surface area contributed by atoms with E-state index < -0.39 is 0 Å². The Morgan fingerprint density at radius 1 is 1.62 bits per heavy atom. The van der Waals surface area contributed by atoms with E-state index in [-0.39, 0.29) is 0 Å². The second-order valence-corrected chi connectivity index (χ2v) is 2.66. The van der Waals surface area contributed by atoms with E-state index in [0.717, 1.165) is 12.3 Å². The molecule has 0 aromatic rings. The molecular formula is C5H10NS2. The second kappa shape index (κ2) is 5.38. The van der Waals surface area contributed by atoms with Crippen molar-refractivity contribution in [3.8, 4) is 0 Å². The van der Waals surface area contributed by atoms with Crippen LogP contribution in [0.4, 0.5) is 0 Å². The molecule has 0 aromatic carbocycles. The number of nitrogens with zero attached hydrogens (tertiary/aromatic N) is 1. The van der Waals surface area contributed by atoms with Gasteiger partial charge in [-0.1, -0.05) is 19.1 Å². The van der Waals surface area contributed by atoms with Crippen molar-refractivity contribution in [2.24, 2.45) is 0 Å². The average molecular weight is 148 g/mol. The fourth-order valence-electron chi connectivity index (χ4n) is 0.338. The van der Waals surface area contributed by atoms with Crippen LogP contribution in [0.25, 0.3) is 0 Å². The minimum Gasteiger partial charge on any atom is -0.305 e. The minimum absolute atomic E-state index is 0.946. The number of hydrogen-bond donors (Lipinski definition) is 0. The molecule has 0 spiro atoms. The van der Waals surface area contributed by atoms with E-state index in [1.165, 1.54) is 0 Å². The summed E-state index contributed by atoms with van der Waals surface area (Å²) in [5, 5.41) is 0. The number of thiocarbonyl (C=S) groups is 1. The molecule has 8 heavy (non-hydrogen) atoms. The first-order chi connectivity index (χ1) is 3.85. The second-order valence-electron chi connectivity index (χ2n) is 1.20. The van der Waals surface area contributed by atoms with Crippen molar-refractivity contribution in [1.29, 1.82) is 0 Å². The Morgan fingerprint density at radius 3 is 2.38 bits per heavy atom. The van der Waals surface area contributed by atoms with E-state index in [0.29, 0.717) is 0 Å². The molecule has 0 atom stereocenters. The zero-order chi connectivity index (χ0) is 6.41. The van der Waals surface area contributed by atoms with E-state index >= 15 is 0 Å². The molecule has 1 nitrogen and oxygen atoms in total. The van der Waals surface area contributed by atoms with Gasteiger partial charge in [-0.15, -0.1) is 0 Å². The topological polar surface area (TPSA) is 3.24 Å². The third-order valence-corrected chi connectivity index (χ3v) is 1.93. The first-order valence-electron chi connectivity index (χ1n) is 2.63. The van der Waals surface area contributed by atoms with Crippen LogP contribution in [0.2, 0.25) is 0 Å². The van der Waals surface area contributed by atoms with Crippen molar-refractivity contribution in [1.82, 2.24) is 4.31 Å². The summed E-state index contributed by atoms with van der Waals surface area (Å²) in [6.45, 7) is 5.10. The summed E-state index contributed by atoms with van der Waals surface area (Å²) >= 11 is 6.29. The van der Waals surface area contributed by atoms with Gasteiger partial charge in [0.25, 0.3) is 0 Å². The monoisotopic (exact) mass is 148 g/mol. The smallest absolute Gasteiger partial charge is 0.147 e. The van der Waals surface area contributed by atoms with Gasteiger partial charge in [-0.25, -0.2) is 0 Å². The van der Waals surface area contributed by atoms with Gasteiger partial charge in [0.2, 0.25) is 0 Å². The largest absolute Gasteiger partial charge is 0.305 e. The van der Waals surface area contributed by atoms with E-state index in [1.807, 2.05) is 4.31 Å². The van der Waals surface area contributed by atoms with Crippen molar-refractivity contribution < 1.29 is 0 Å². The highest BCUT2D eigenvalue weighted by molar-refractivity contribution is 7.98. The molecule has 3 heteroatoms. The van der Waals surface area contributed by atoms with Gasteiger partial charge in [-0.05, 0) is 18.9 Å². The highest BCUT2D eigenvalue weighted by Gasteiger charge is 1.91. The average Bonchev–Trinajstić information content (AvgIpc) is 1.83. The van der Waals surface area contributed by atoms with Crippen molar-refractivity contribution in [2.75, 3.05) is 12.3 Å². The summed E-state index contributed by atoms with van der Waals surface area (Å²) in [5.41, 5.74) is 2.63. The van der Waals surface area contributed by atoms with Gasteiger partial charge in [0.05, 0.1) is 0 Å². The molecule has 0 rings (SSSR count). The Hall–Kier alpha value is 0.240. The summed E-state index contributed by atoms with van der Waals surface area (Å²) in [6, 6.07) is 0. The fourth-order valence-corrected chi connectivity index (χ4v) is 1.17. The quantitative estimate of drug-likeness (QED) is 0.340. The van der Waals surface area contributed by atoms with Gasteiger partial charge >= 0.3 is 0 Å². The maximum atomic E-state index is 4.59. The van der Waals surface area contributed by atoms with Crippen molar-refractivity contribution >= 4 is 29.7 Å². The van der Waals surface area contributed by atoms with Crippen LogP contribution < -0.4 is 0 Å². The number of hydrogen-bond acceptors (Lipinski definition) is 2. The lowest BCUT2D eigenvalue weighted by atomic mass is 10.8. The summed E-state index contributed by atoms with van der Waals surface area (Å²) in [6.07, 6.45) is 0. The van der Waals surface area contributed by atoms with E-state index in [1.54, 1.807) is 11.9 Å². The number of rotatable bonds is 4. The van der Waals surface area contributed by atoms with Crippen LogP contribution in [-0.2, 0) is 0 Å². The van der Waals surface area contributed by atoms with Crippen LogP contribution in [0.5, 0.6) is 0 Å². The van der Waals surface area contributed by atoms with Gasteiger partial charge in [-0.2, -0.15) is 0 Å². The molecule has 0 amide bonds. The van der Waals surface area contributed by atoms with Crippen molar-refractivity contribution in [2.45, 2.75) is 13.8 Å². The molecule has 0 fully saturated rings. The summed E-state index contributed by atoms with van der Waals surface area (Å²) < 4.78 is 1.91. The Morgan fingerprint density at radius 2 is 2.25 bits per heavy atom. The minimum atomic E-state index is 0.946. The lowest BCUT2D eigenvalue weighted by Crippen LogP contribution is -2.10. The SMILES string of the molecule is CCSN([C]=S)CC. The van der Waals surface area contributed by atoms with E-state index in [4.69, 9.17) is 0 Å². The highest BCUT2D eigenvalue weighted by Crippen LogP contribution is 2.04. The third kappa shape index (κ3) is 3.27. The Balaban J connectivity index is 3.21. The van der Waals surface area contributed by atoms with E-state index in [9.17, 15) is 0 Å². The zero-order valence-electron chi connectivity index (χ0n) is 5.18. The molecule has 0 aliphatic carbocycles. The normalized spacial score (nSPS) is 8.75. The molecule has 47 valence electrons. The molecule has 1 radical (unpaired) electrons. The van der Waals surface area contributed by atoms with Crippen LogP contribution in [0.3, 0.4) is 0 Å². The van der Waals surface area contributed by atoms with Crippen LogP contribution in [0.1, 0.15) is 13.8 Å². The van der Waals surface area contributed by atoms with Crippen molar-refractivity contribution in [3.05, 3.63) is 0 Å². The Bertz CT molecular complexity index is 65.4. The third-order valence-electron chi connectivity index (χ3n) is 0.674. The Kier molecular flexibility index (Phi) is 5.54. The molecule has 0 bridgehead atoms. The van der Waals surface area contributed by atoms with Gasteiger partial charge in [-0.3, -0.25) is 0 Å². The van der Waals surface area contributed by atoms with Gasteiger partial charge < -0.3 is 4.31 Å². The highest BCUT2D eigenvalue weighted by atomic mass is 32.2. The lowest BCUT2D eigenvalue weighted by molar-refractivity contribution is 0.744. The van der Waals surface area contributed by atoms with Crippen molar-refractivity contribution in [3.63, 3.8) is 0 Å².